The highest BCUT2D eigenvalue weighted by molar-refractivity contribution is 6.25. The van der Waals surface area contributed by atoms with Crippen LogP contribution in [-0.2, 0) is 14.4 Å². The molecular formula is C39H40N10O7. The van der Waals surface area contributed by atoms with E-state index in [1.165, 1.54) is 13.0 Å². The quantitative estimate of drug-likeness (QED) is 0.166. The molecule has 1 atom stereocenters. The number of fused-ring (bicyclic) bond motifs is 2. The van der Waals surface area contributed by atoms with Crippen LogP contribution in [0.15, 0.2) is 47.5 Å². The Bertz CT molecular complexity index is 2380. The van der Waals surface area contributed by atoms with Crippen molar-refractivity contribution >= 4 is 69.5 Å². The number of rotatable bonds is 9. The number of amides is 5. The number of hydrogen-bond donors (Lipinski definition) is 3. The van der Waals surface area contributed by atoms with Crippen LogP contribution in [0.5, 0.6) is 0 Å². The Morgan fingerprint density at radius 3 is 2.38 bits per heavy atom. The van der Waals surface area contributed by atoms with Crippen molar-refractivity contribution in [3.05, 3.63) is 75.3 Å². The normalized spacial score (nSPS) is 18.8. The molecular weight excluding hydrogens is 720 g/mol. The minimum Gasteiger partial charge on any atom is -0.375 e. The number of Topliss-reactive ketones (excluding diaryl/α,β-unsaturated/α-hetero) is 1. The van der Waals surface area contributed by atoms with E-state index in [0.29, 0.717) is 54.3 Å². The molecule has 2 saturated heterocycles. The Balaban J connectivity index is 0.886. The number of benzene rings is 1. The maximum absolute atomic E-state index is 13.5. The van der Waals surface area contributed by atoms with Crippen molar-refractivity contribution in [1.29, 1.82) is 0 Å². The van der Waals surface area contributed by atoms with Gasteiger partial charge in [-0.15, -0.1) is 0 Å². The summed E-state index contributed by atoms with van der Waals surface area (Å²) >= 11 is 0. The average Bonchev–Trinajstić information content (AvgIpc) is 3.80. The topological polar surface area (TPSA) is 209 Å². The van der Waals surface area contributed by atoms with Crippen molar-refractivity contribution in [1.82, 2.24) is 34.6 Å². The second-order valence-corrected chi connectivity index (χ2v) is 14.5. The molecule has 4 aliphatic rings. The number of anilines is 4. The summed E-state index contributed by atoms with van der Waals surface area (Å²) in [4.78, 5) is 108. The molecule has 3 aromatic heterocycles. The van der Waals surface area contributed by atoms with Crippen molar-refractivity contribution in [2.45, 2.75) is 64.5 Å². The second-order valence-electron chi connectivity index (χ2n) is 14.5. The zero-order valence-electron chi connectivity index (χ0n) is 31.0. The summed E-state index contributed by atoms with van der Waals surface area (Å²) in [6.07, 6.45) is 7.16. The summed E-state index contributed by atoms with van der Waals surface area (Å²) in [5.41, 5.74) is 2.36. The zero-order valence-corrected chi connectivity index (χ0v) is 31.0. The van der Waals surface area contributed by atoms with Crippen LogP contribution >= 0.6 is 0 Å². The third-order valence-corrected chi connectivity index (χ3v) is 11.1. The maximum atomic E-state index is 13.5. The first-order valence-electron chi connectivity index (χ1n) is 18.8. The first-order valence-corrected chi connectivity index (χ1v) is 18.8. The zero-order chi connectivity index (χ0) is 39.2. The molecule has 288 valence electrons. The van der Waals surface area contributed by atoms with Crippen LogP contribution in [-0.4, -0.2) is 103 Å². The summed E-state index contributed by atoms with van der Waals surface area (Å²) in [5, 5.41) is 9.03. The fraction of sp³-hybridized carbons (Fsp3) is 0.385. The van der Waals surface area contributed by atoms with Crippen LogP contribution in [0.3, 0.4) is 0 Å². The van der Waals surface area contributed by atoms with Gasteiger partial charge in [0, 0.05) is 55.9 Å². The van der Waals surface area contributed by atoms with Gasteiger partial charge in [0.05, 0.1) is 35.1 Å². The number of nitrogens with one attached hydrogen (secondary N) is 3. The van der Waals surface area contributed by atoms with E-state index in [1.54, 1.807) is 40.9 Å². The molecule has 17 nitrogen and oxygen atoms in total. The fourth-order valence-electron chi connectivity index (χ4n) is 8.23. The predicted molar refractivity (Wildman–Crippen MR) is 204 cm³/mol. The third-order valence-electron chi connectivity index (χ3n) is 11.1. The Morgan fingerprint density at radius 1 is 0.911 bits per heavy atom. The molecule has 3 fully saturated rings. The smallest absolute Gasteiger partial charge is 0.264 e. The van der Waals surface area contributed by atoms with Gasteiger partial charge in [-0.1, -0.05) is 18.9 Å². The molecule has 0 radical (unpaired) electrons. The number of piperidine rings is 1. The number of ketones is 1. The monoisotopic (exact) mass is 760 g/mol. The maximum Gasteiger partial charge on any atom is 0.264 e. The molecule has 56 heavy (non-hydrogen) atoms. The lowest BCUT2D eigenvalue weighted by Gasteiger charge is -2.36. The first kappa shape index (κ1) is 36.5. The van der Waals surface area contributed by atoms with Gasteiger partial charge in [-0.2, -0.15) is 4.98 Å². The van der Waals surface area contributed by atoms with Crippen LogP contribution in [0.1, 0.15) is 88.1 Å². The molecule has 5 amide bonds. The Morgan fingerprint density at radius 2 is 1.68 bits per heavy atom. The van der Waals surface area contributed by atoms with E-state index in [9.17, 15) is 33.6 Å². The van der Waals surface area contributed by atoms with E-state index in [0.717, 1.165) is 36.3 Å². The molecule has 17 heteroatoms. The molecule has 1 saturated carbocycles. The van der Waals surface area contributed by atoms with E-state index >= 15 is 0 Å². The molecule has 1 aliphatic carbocycles. The molecule has 3 N–H and O–H groups in total. The van der Waals surface area contributed by atoms with Gasteiger partial charge < -0.3 is 20.4 Å². The SMILES string of the molecule is CC(=O)c1c(C)c2cnc(Nc3ccc(N4CCN(C(=O)CNc5cccc6c5C(=O)N(C5CCC(=O)NC5=O)C6=O)CC4)cn3)nc2n(C2CCCC2)c1=O. The molecule has 3 aliphatic heterocycles. The lowest BCUT2D eigenvalue weighted by atomic mass is 10.0. The highest BCUT2D eigenvalue weighted by Gasteiger charge is 2.45. The van der Waals surface area contributed by atoms with Gasteiger partial charge >= 0.3 is 0 Å². The largest absolute Gasteiger partial charge is 0.375 e. The van der Waals surface area contributed by atoms with Crippen LogP contribution < -0.4 is 26.4 Å². The van der Waals surface area contributed by atoms with E-state index in [1.807, 2.05) is 12.1 Å². The highest BCUT2D eigenvalue weighted by atomic mass is 16.2. The number of nitrogens with zero attached hydrogens (tertiary/aromatic N) is 7. The molecule has 4 aromatic rings. The average molecular weight is 761 g/mol. The minimum absolute atomic E-state index is 0.0228. The van der Waals surface area contributed by atoms with Crippen molar-refractivity contribution in [2.75, 3.05) is 48.3 Å². The number of aryl methyl sites for hydroxylation is 1. The van der Waals surface area contributed by atoms with Gasteiger partial charge in [0.25, 0.3) is 17.4 Å². The molecule has 0 spiro atoms. The van der Waals surface area contributed by atoms with Crippen molar-refractivity contribution in [3.8, 4) is 0 Å². The number of imide groups is 2. The van der Waals surface area contributed by atoms with Crippen LogP contribution in [0.4, 0.5) is 23.1 Å². The predicted octanol–water partition coefficient (Wildman–Crippen LogP) is 2.72. The van der Waals surface area contributed by atoms with Crippen LogP contribution in [0.25, 0.3) is 11.0 Å². The lowest BCUT2D eigenvalue weighted by Crippen LogP contribution is -2.54. The van der Waals surface area contributed by atoms with Gasteiger partial charge in [-0.05, 0) is 62.9 Å². The molecule has 1 unspecified atom stereocenters. The number of pyridine rings is 2. The molecule has 0 bridgehead atoms. The molecule has 6 heterocycles. The van der Waals surface area contributed by atoms with E-state index < -0.39 is 29.7 Å². The standard InChI is InChI=1S/C39H40N10O7/c1-21-26-19-42-39(45-34(26)48(23-6-3-4-7-23)37(55)32(21)22(2)50)43-29-12-10-24(18-41-29)46-14-16-47(17-15-46)31(52)20-40-27-9-5-8-25-33(27)38(56)49(36(25)54)28-11-13-30(51)44-35(28)53/h5,8-10,12,18-19,23,28,40H,3-4,6-7,11,13-17,20H2,1-2H3,(H,44,51,53)(H,41,42,43,45). The van der Waals surface area contributed by atoms with Gasteiger partial charge in [0.15, 0.2) is 5.78 Å². The Labute approximate surface area is 320 Å². The van der Waals surface area contributed by atoms with Crippen molar-refractivity contribution in [2.24, 2.45) is 0 Å². The highest BCUT2D eigenvalue weighted by Crippen LogP contribution is 2.34. The summed E-state index contributed by atoms with van der Waals surface area (Å²) in [6.45, 7) is 5.08. The summed E-state index contributed by atoms with van der Waals surface area (Å²) in [5.74, 6) is -2.06. The van der Waals surface area contributed by atoms with Gasteiger partial charge in [0.1, 0.15) is 17.5 Å². The number of hydrogen-bond acceptors (Lipinski definition) is 13. The number of piperazine rings is 1. The first-order chi connectivity index (χ1) is 27.0. The van der Waals surface area contributed by atoms with Crippen molar-refractivity contribution in [3.63, 3.8) is 0 Å². The molecule has 8 rings (SSSR count). The summed E-state index contributed by atoms with van der Waals surface area (Å²) < 4.78 is 1.67. The van der Waals surface area contributed by atoms with Gasteiger partial charge in [0.2, 0.25) is 23.7 Å². The van der Waals surface area contributed by atoms with E-state index in [4.69, 9.17) is 4.98 Å². The minimum atomic E-state index is -1.08. The Hall–Kier alpha value is -6.52. The number of carbonyl (C=O) groups is 6. The van der Waals surface area contributed by atoms with Crippen LogP contribution in [0.2, 0.25) is 0 Å². The van der Waals surface area contributed by atoms with Gasteiger partial charge in [-0.25, -0.2) is 9.97 Å². The summed E-state index contributed by atoms with van der Waals surface area (Å²) in [7, 11) is 0. The lowest BCUT2D eigenvalue weighted by molar-refractivity contribution is -0.136. The van der Waals surface area contributed by atoms with E-state index in [2.05, 4.69) is 30.8 Å². The third kappa shape index (κ3) is 6.51. The second kappa shape index (κ2) is 14.6. The van der Waals surface area contributed by atoms with Crippen molar-refractivity contribution < 1.29 is 28.8 Å². The van der Waals surface area contributed by atoms with Crippen LogP contribution in [0, 0.1) is 6.92 Å². The Kier molecular flexibility index (Phi) is 9.51. The summed E-state index contributed by atoms with van der Waals surface area (Å²) in [6, 6.07) is 7.34. The molecule has 1 aromatic carbocycles. The number of carbonyl (C=O) groups excluding carboxylic acids is 6. The van der Waals surface area contributed by atoms with E-state index in [-0.39, 0.29) is 65.3 Å². The van der Waals surface area contributed by atoms with Gasteiger partial charge in [-0.3, -0.25) is 48.3 Å². The fourth-order valence-corrected chi connectivity index (χ4v) is 8.23. The number of aromatic nitrogens is 4.